The lowest BCUT2D eigenvalue weighted by Gasteiger charge is -2.34. The van der Waals surface area contributed by atoms with Crippen LogP contribution in [-0.4, -0.2) is 47.0 Å². The van der Waals surface area contributed by atoms with Gasteiger partial charge in [0.25, 0.3) is 0 Å². The minimum absolute atomic E-state index is 0.0745. The van der Waals surface area contributed by atoms with Crippen molar-refractivity contribution in [3.05, 3.63) is 65.4 Å². The fourth-order valence-electron chi connectivity index (χ4n) is 5.39. The average Bonchev–Trinajstić information content (AvgIpc) is 3.28. The standard InChI is InChI=1S/C31H41N3O3/c1-5-6-10-15-34-25-14-13-24(27(36)18-31(2,3)4)29-28(25)22(19-32-29)17-23(20-35)33-30(37)26(34)16-21-11-8-7-9-12-21/h7-9,11-14,19,23,26,32,35H,5-6,10,15-18,20H2,1-4H3,(H,33,37)/t23-,26-/m0/s1. The number of amides is 1. The predicted octanol–water partition coefficient (Wildman–Crippen LogP) is 5.43. The summed E-state index contributed by atoms with van der Waals surface area (Å²) in [7, 11) is 0. The lowest BCUT2D eigenvalue weighted by molar-refractivity contribution is -0.123. The molecule has 6 heteroatoms. The number of H-pyrrole nitrogens is 1. The van der Waals surface area contributed by atoms with Gasteiger partial charge in [0.15, 0.2) is 5.78 Å². The van der Waals surface area contributed by atoms with Crippen molar-refractivity contribution < 1.29 is 14.7 Å². The number of aliphatic hydroxyl groups is 1. The molecule has 0 unspecified atom stereocenters. The van der Waals surface area contributed by atoms with Crippen LogP contribution in [0, 0.1) is 5.41 Å². The third kappa shape index (κ3) is 6.24. The highest BCUT2D eigenvalue weighted by molar-refractivity contribution is 6.11. The van der Waals surface area contributed by atoms with Gasteiger partial charge in [-0.3, -0.25) is 9.59 Å². The first-order valence-electron chi connectivity index (χ1n) is 13.6. The second kappa shape index (κ2) is 11.5. The van der Waals surface area contributed by atoms with Crippen molar-refractivity contribution in [2.45, 2.75) is 78.3 Å². The molecule has 1 aromatic heterocycles. The van der Waals surface area contributed by atoms with Crippen molar-refractivity contribution in [1.82, 2.24) is 10.3 Å². The first kappa shape index (κ1) is 26.9. The summed E-state index contributed by atoms with van der Waals surface area (Å²) in [6.07, 6.45) is 6.56. The summed E-state index contributed by atoms with van der Waals surface area (Å²) >= 11 is 0. The van der Waals surface area contributed by atoms with Crippen LogP contribution < -0.4 is 10.2 Å². The zero-order valence-corrected chi connectivity index (χ0v) is 22.6. The van der Waals surface area contributed by atoms with Crippen molar-refractivity contribution in [2.75, 3.05) is 18.1 Å². The van der Waals surface area contributed by atoms with E-state index < -0.39 is 12.1 Å². The van der Waals surface area contributed by atoms with Gasteiger partial charge < -0.3 is 20.3 Å². The number of anilines is 1. The number of carbonyl (C=O) groups is 2. The number of nitrogens with one attached hydrogen (secondary N) is 2. The molecule has 198 valence electrons. The molecule has 0 bridgehead atoms. The summed E-state index contributed by atoms with van der Waals surface area (Å²) in [6, 6.07) is 13.2. The Bertz CT molecular complexity index is 1230. The number of ketones is 1. The fraction of sp³-hybridized carbons (Fsp3) is 0.484. The minimum atomic E-state index is -0.437. The monoisotopic (exact) mass is 503 g/mol. The average molecular weight is 504 g/mol. The third-order valence-corrected chi connectivity index (χ3v) is 7.18. The predicted molar refractivity (Wildman–Crippen MR) is 150 cm³/mol. The molecule has 2 aromatic carbocycles. The maximum atomic E-state index is 13.7. The van der Waals surface area contributed by atoms with Crippen LogP contribution in [0.4, 0.5) is 5.69 Å². The topological polar surface area (TPSA) is 85.4 Å². The van der Waals surface area contributed by atoms with E-state index in [4.69, 9.17) is 0 Å². The largest absolute Gasteiger partial charge is 0.394 e. The number of aromatic amines is 1. The number of nitrogens with zero attached hydrogens (tertiary/aromatic N) is 1. The van der Waals surface area contributed by atoms with Crippen LogP contribution in [0.15, 0.2) is 48.7 Å². The maximum Gasteiger partial charge on any atom is 0.243 e. The number of carbonyl (C=O) groups excluding carboxylic acids is 2. The van der Waals surface area contributed by atoms with Crippen molar-refractivity contribution in [3.8, 4) is 0 Å². The molecular weight excluding hydrogens is 462 g/mol. The number of hydrogen-bond acceptors (Lipinski definition) is 4. The maximum absolute atomic E-state index is 13.7. The lowest BCUT2D eigenvalue weighted by atomic mass is 9.87. The van der Waals surface area contributed by atoms with Crippen molar-refractivity contribution in [1.29, 1.82) is 0 Å². The number of unbranched alkanes of at least 4 members (excludes halogenated alkanes) is 2. The Morgan fingerprint density at radius 2 is 1.86 bits per heavy atom. The Morgan fingerprint density at radius 3 is 2.54 bits per heavy atom. The van der Waals surface area contributed by atoms with Gasteiger partial charge >= 0.3 is 0 Å². The Morgan fingerprint density at radius 1 is 1.11 bits per heavy atom. The van der Waals surface area contributed by atoms with Crippen LogP contribution >= 0.6 is 0 Å². The van der Waals surface area contributed by atoms with E-state index in [1.54, 1.807) is 0 Å². The second-order valence-corrected chi connectivity index (χ2v) is 11.6. The van der Waals surface area contributed by atoms with Crippen molar-refractivity contribution >= 4 is 28.3 Å². The molecule has 0 aliphatic carbocycles. The molecular formula is C31H41N3O3. The van der Waals surface area contributed by atoms with Gasteiger partial charge in [-0.05, 0) is 41.5 Å². The Hall–Kier alpha value is -3.12. The third-order valence-electron chi connectivity index (χ3n) is 7.18. The Kier molecular flexibility index (Phi) is 8.38. The minimum Gasteiger partial charge on any atom is -0.394 e. The van der Waals surface area contributed by atoms with E-state index in [-0.39, 0.29) is 23.7 Å². The quantitative estimate of drug-likeness (QED) is 0.269. The molecule has 0 fully saturated rings. The molecule has 37 heavy (non-hydrogen) atoms. The van der Waals surface area contributed by atoms with Gasteiger partial charge in [0.05, 0.1) is 18.2 Å². The van der Waals surface area contributed by atoms with Crippen molar-refractivity contribution in [3.63, 3.8) is 0 Å². The lowest BCUT2D eigenvalue weighted by Crippen LogP contribution is -2.52. The molecule has 0 radical (unpaired) electrons. The molecule has 3 N–H and O–H groups in total. The normalized spacial score (nSPS) is 18.3. The Balaban J connectivity index is 1.88. The SMILES string of the molecule is CCCCCN1c2ccc(C(=O)CC(C)(C)C)c3[nH]cc(c23)C[C@@H](CO)NC(=O)[C@@H]1Cc1ccccc1. The zero-order chi connectivity index (χ0) is 26.6. The zero-order valence-electron chi connectivity index (χ0n) is 22.6. The number of rotatable bonds is 9. The summed E-state index contributed by atoms with van der Waals surface area (Å²) in [6.45, 7) is 8.99. The summed E-state index contributed by atoms with van der Waals surface area (Å²) in [5, 5.41) is 14.3. The molecule has 3 aromatic rings. The summed E-state index contributed by atoms with van der Waals surface area (Å²) in [5.74, 6) is 0.0353. The number of Topliss-reactive ketones (excluding diaryl/α,β-unsaturated/α-hetero) is 1. The van der Waals surface area contributed by atoms with E-state index in [2.05, 4.69) is 55.0 Å². The van der Waals surface area contributed by atoms with Gasteiger partial charge in [-0.15, -0.1) is 0 Å². The Labute approximate surface area is 220 Å². The van der Waals surface area contributed by atoms with Crippen LogP contribution in [0.3, 0.4) is 0 Å². The van der Waals surface area contributed by atoms with Crippen LogP contribution in [0.25, 0.3) is 10.9 Å². The van der Waals surface area contributed by atoms with Gasteiger partial charge in [0.2, 0.25) is 5.91 Å². The first-order chi connectivity index (χ1) is 17.7. The first-order valence-corrected chi connectivity index (χ1v) is 13.6. The van der Waals surface area contributed by atoms with Crippen LogP contribution in [0.1, 0.15) is 74.9 Å². The van der Waals surface area contributed by atoms with Crippen LogP contribution in [0.2, 0.25) is 0 Å². The van der Waals surface area contributed by atoms with E-state index in [1.165, 1.54) is 0 Å². The van der Waals surface area contributed by atoms with E-state index in [1.807, 2.05) is 36.5 Å². The molecule has 0 spiro atoms. The van der Waals surface area contributed by atoms with Crippen molar-refractivity contribution in [2.24, 2.45) is 5.41 Å². The number of hydrogen-bond donors (Lipinski definition) is 3. The molecule has 1 amide bonds. The highest BCUT2D eigenvalue weighted by Crippen LogP contribution is 2.37. The molecule has 2 heterocycles. The van der Waals surface area contributed by atoms with Gasteiger partial charge in [0.1, 0.15) is 6.04 Å². The fourth-order valence-corrected chi connectivity index (χ4v) is 5.39. The van der Waals surface area contributed by atoms with Gasteiger partial charge in [-0.1, -0.05) is 70.9 Å². The van der Waals surface area contributed by atoms with E-state index in [9.17, 15) is 14.7 Å². The molecule has 6 nitrogen and oxygen atoms in total. The van der Waals surface area contributed by atoms with Crippen LogP contribution in [-0.2, 0) is 17.6 Å². The number of benzene rings is 2. The summed E-state index contributed by atoms with van der Waals surface area (Å²) in [5.41, 5.74) is 4.47. The summed E-state index contributed by atoms with van der Waals surface area (Å²) < 4.78 is 0. The van der Waals surface area contributed by atoms with Gasteiger partial charge in [-0.25, -0.2) is 0 Å². The molecule has 1 aliphatic heterocycles. The van der Waals surface area contributed by atoms with E-state index >= 15 is 0 Å². The molecule has 1 aliphatic rings. The van der Waals surface area contributed by atoms with E-state index in [0.717, 1.165) is 53.5 Å². The molecule has 4 rings (SSSR count). The molecule has 2 atom stereocenters. The van der Waals surface area contributed by atoms with E-state index in [0.29, 0.717) is 24.8 Å². The number of aromatic nitrogens is 1. The molecule has 0 saturated heterocycles. The smallest absolute Gasteiger partial charge is 0.243 e. The highest BCUT2D eigenvalue weighted by atomic mass is 16.3. The van der Waals surface area contributed by atoms with Gasteiger partial charge in [0, 0.05) is 42.2 Å². The highest BCUT2D eigenvalue weighted by Gasteiger charge is 2.33. The molecule has 0 saturated carbocycles. The second-order valence-electron chi connectivity index (χ2n) is 11.6. The summed E-state index contributed by atoms with van der Waals surface area (Å²) in [4.78, 5) is 32.7. The van der Waals surface area contributed by atoms with Crippen LogP contribution in [0.5, 0.6) is 0 Å². The van der Waals surface area contributed by atoms with Gasteiger partial charge in [-0.2, -0.15) is 0 Å². The number of aliphatic hydroxyl groups excluding tert-OH is 1.